The number of methoxy groups -OCH3 is 1. The van der Waals surface area contributed by atoms with E-state index < -0.39 is 0 Å². The van der Waals surface area contributed by atoms with Crippen LogP contribution in [0, 0.1) is 0 Å². The third-order valence-electron chi connectivity index (χ3n) is 5.28. The predicted molar refractivity (Wildman–Crippen MR) is 103 cm³/mol. The van der Waals surface area contributed by atoms with Crippen molar-refractivity contribution >= 4 is 11.6 Å². The summed E-state index contributed by atoms with van der Waals surface area (Å²) in [4.78, 5) is 2.38. The van der Waals surface area contributed by atoms with Crippen LogP contribution in [-0.4, -0.2) is 45.5 Å². The zero-order valence-corrected chi connectivity index (χ0v) is 16.0. The third kappa shape index (κ3) is 3.29. The average molecular weight is 374 g/mol. The number of hydrogen-bond acceptors (Lipinski definition) is 4. The quantitative estimate of drug-likeness (QED) is 0.761. The van der Waals surface area contributed by atoms with Crippen LogP contribution in [0.1, 0.15) is 28.2 Å². The fraction of sp³-hybridized carbons (Fsp3) is 0.429. The molecule has 2 aromatic carbocycles. The first-order valence-electron chi connectivity index (χ1n) is 9.04. The van der Waals surface area contributed by atoms with Crippen LogP contribution in [0.25, 0.3) is 0 Å². The molecule has 2 aromatic rings. The molecule has 0 aliphatic carbocycles. The molecule has 5 heteroatoms. The molecule has 0 saturated carbocycles. The number of benzene rings is 2. The largest absolute Gasteiger partial charge is 0.493 e. The van der Waals surface area contributed by atoms with Gasteiger partial charge in [0.2, 0.25) is 0 Å². The molecular formula is C21H24ClNO3. The highest BCUT2D eigenvalue weighted by Crippen LogP contribution is 2.42. The molecule has 0 aromatic heterocycles. The summed E-state index contributed by atoms with van der Waals surface area (Å²) in [5, 5.41) is 0.638. The first-order valence-corrected chi connectivity index (χ1v) is 9.42. The van der Waals surface area contributed by atoms with Crippen molar-refractivity contribution in [2.45, 2.75) is 18.8 Å². The minimum Gasteiger partial charge on any atom is -0.493 e. The molecule has 0 spiro atoms. The minimum absolute atomic E-state index is 0.187. The van der Waals surface area contributed by atoms with Gasteiger partial charge in [-0.05, 0) is 42.3 Å². The molecule has 0 amide bonds. The Labute approximate surface area is 159 Å². The molecule has 0 bridgehead atoms. The van der Waals surface area contributed by atoms with Crippen LogP contribution in [0.15, 0.2) is 30.3 Å². The highest BCUT2D eigenvalue weighted by atomic mass is 35.5. The Kier molecular flexibility index (Phi) is 5.07. The summed E-state index contributed by atoms with van der Waals surface area (Å²) in [5.41, 5.74) is 5.12. The molecule has 0 N–H and O–H groups in total. The monoisotopic (exact) mass is 373 g/mol. The second-order valence-electron chi connectivity index (χ2n) is 7.03. The summed E-state index contributed by atoms with van der Waals surface area (Å²) in [6.45, 7) is 2.91. The van der Waals surface area contributed by atoms with Crippen molar-refractivity contribution in [3.63, 3.8) is 0 Å². The Balaban J connectivity index is 1.81. The van der Waals surface area contributed by atoms with E-state index in [1.165, 1.54) is 22.3 Å². The first-order chi connectivity index (χ1) is 12.7. The lowest BCUT2D eigenvalue weighted by atomic mass is 9.86. The molecule has 26 heavy (non-hydrogen) atoms. The number of rotatable bonds is 4. The molecule has 2 heterocycles. The molecule has 138 valence electrons. The number of hydrogen-bond donors (Lipinski definition) is 0. The lowest BCUT2D eigenvalue weighted by Gasteiger charge is -2.24. The predicted octanol–water partition coefficient (Wildman–Crippen LogP) is 3.88. The second-order valence-corrected chi connectivity index (χ2v) is 7.44. The van der Waals surface area contributed by atoms with Crippen molar-refractivity contribution in [1.82, 2.24) is 4.90 Å². The van der Waals surface area contributed by atoms with Crippen molar-refractivity contribution in [2.75, 3.05) is 40.6 Å². The van der Waals surface area contributed by atoms with Crippen LogP contribution >= 0.6 is 11.6 Å². The van der Waals surface area contributed by atoms with Crippen LogP contribution < -0.4 is 9.47 Å². The molecule has 2 aliphatic rings. The van der Waals surface area contributed by atoms with E-state index in [0.29, 0.717) is 10.8 Å². The van der Waals surface area contributed by atoms with E-state index in [2.05, 4.69) is 42.3 Å². The van der Waals surface area contributed by atoms with Crippen LogP contribution in [0.3, 0.4) is 0 Å². The van der Waals surface area contributed by atoms with Gasteiger partial charge in [-0.2, -0.15) is 0 Å². The van der Waals surface area contributed by atoms with Gasteiger partial charge in [-0.1, -0.05) is 29.8 Å². The smallest absolute Gasteiger partial charge is 0.188 e. The number of fused-ring (bicyclic) bond motifs is 2. The standard InChI is InChI=1S/C21H24ClNO3/c1-23-8-6-15-10-19(22)20(26-13-24-2)11-17(15)18(12-23)16-5-3-4-14-7-9-25-21(14)16/h3-5,10-11,18H,6-9,12-13H2,1-2H3/t18-/m1/s1. The second kappa shape index (κ2) is 7.47. The van der Waals surface area contributed by atoms with Gasteiger partial charge < -0.3 is 19.1 Å². The van der Waals surface area contributed by atoms with Crippen molar-refractivity contribution in [1.29, 1.82) is 0 Å². The SMILES string of the molecule is COCOc1cc2c(cc1Cl)CCN(C)C[C@@H]2c1cccc2c1OCC2. The molecule has 0 saturated heterocycles. The maximum Gasteiger partial charge on any atom is 0.188 e. The lowest BCUT2D eigenvalue weighted by molar-refractivity contribution is 0.0511. The number of halogens is 1. The first kappa shape index (κ1) is 17.7. The topological polar surface area (TPSA) is 30.9 Å². The Morgan fingerprint density at radius 2 is 2.08 bits per heavy atom. The summed E-state index contributed by atoms with van der Waals surface area (Å²) in [6, 6.07) is 10.7. The number of likely N-dealkylation sites (N-methyl/N-ethyl adjacent to an activating group) is 1. The lowest BCUT2D eigenvalue weighted by Crippen LogP contribution is -2.24. The van der Waals surface area contributed by atoms with Crippen LogP contribution in [0.4, 0.5) is 0 Å². The maximum atomic E-state index is 6.46. The van der Waals surface area contributed by atoms with E-state index >= 15 is 0 Å². The van der Waals surface area contributed by atoms with Crippen LogP contribution in [0.5, 0.6) is 11.5 Å². The average Bonchev–Trinajstić information content (AvgIpc) is 3.06. The van der Waals surface area contributed by atoms with E-state index in [4.69, 9.17) is 25.8 Å². The van der Waals surface area contributed by atoms with E-state index in [9.17, 15) is 0 Å². The van der Waals surface area contributed by atoms with E-state index in [1.807, 2.05) is 0 Å². The molecule has 2 aliphatic heterocycles. The zero-order chi connectivity index (χ0) is 18.1. The van der Waals surface area contributed by atoms with E-state index in [-0.39, 0.29) is 12.7 Å². The molecule has 4 rings (SSSR count). The van der Waals surface area contributed by atoms with Gasteiger partial charge in [-0.15, -0.1) is 0 Å². The number of nitrogens with zero attached hydrogens (tertiary/aromatic N) is 1. The van der Waals surface area contributed by atoms with Gasteiger partial charge in [0.25, 0.3) is 0 Å². The number of para-hydroxylation sites is 1. The normalized spacial score (nSPS) is 19.4. The molecule has 0 fully saturated rings. The van der Waals surface area contributed by atoms with E-state index in [0.717, 1.165) is 38.3 Å². The third-order valence-corrected chi connectivity index (χ3v) is 5.57. The molecule has 1 atom stereocenters. The van der Waals surface area contributed by atoms with Gasteiger partial charge >= 0.3 is 0 Å². The van der Waals surface area contributed by atoms with Gasteiger partial charge in [0.05, 0.1) is 11.6 Å². The number of ether oxygens (including phenoxy) is 3. The summed E-state index contributed by atoms with van der Waals surface area (Å²) < 4.78 is 16.7. The van der Waals surface area contributed by atoms with Crippen LogP contribution in [-0.2, 0) is 17.6 Å². The Morgan fingerprint density at radius 1 is 1.19 bits per heavy atom. The Hall–Kier alpha value is -1.75. The molecule has 0 radical (unpaired) electrons. The Bertz CT molecular complexity index is 808. The molecule has 0 unspecified atom stereocenters. The fourth-order valence-corrected chi connectivity index (χ4v) is 4.22. The van der Waals surface area contributed by atoms with Crippen LogP contribution in [0.2, 0.25) is 5.02 Å². The highest BCUT2D eigenvalue weighted by Gasteiger charge is 2.29. The van der Waals surface area contributed by atoms with Gasteiger partial charge in [0, 0.05) is 38.1 Å². The zero-order valence-electron chi connectivity index (χ0n) is 15.3. The van der Waals surface area contributed by atoms with Gasteiger partial charge in [-0.3, -0.25) is 0 Å². The van der Waals surface area contributed by atoms with Gasteiger partial charge in [0.1, 0.15) is 11.5 Å². The highest BCUT2D eigenvalue weighted by molar-refractivity contribution is 6.32. The summed E-state index contributed by atoms with van der Waals surface area (Å²) in [6.07, 6.45) is 1.96. The van der Waals surface area contributed by atoms with Crippen molar-refractivity contribution in [2.24, 2.45) is 0 Å². The summed E-state index contributed by atoms with van der Waals surface area (Å²) >= 11 is 6.46. The Morgan fingerprint density at radius 3 is 2.92 bits per heavy atom. The molecular weight excluding hydrogens is 350 g/mol. The van der Waals surface area contributed by atoms with Crippen molar-refractivity contribution in [3.05, 3.63) is 57.6 Å². The van der Waals surface area contributed by atoms with Crippen molar-refractivity contribution in [3.8, 4) is 11.5 Å². The van der Waals surface area contributed by atoms with Gasteiger partial charge in [-0.25, -0.2) is 0 Å². The summed E-state index contributed by atoms with van der Waals surface area (Å²) in [5.74, 6) is 1.97. The van der Waals surface area contributed by atoms with E-state index in [1.54, 1.807) is 7.11 Å². The van der Waals surface area contributed by atoms with Gasteiger partial charge in [0.15, 0.2) is 6.79 Å². The minimum atomic E-state index is 0.187. The summed E-state index contributed by atoms with van der Waals surface area (Å²) in [7, 11) is 3.78. The van der Waals surface area contributed by atoms with Crippen molar-refractivity contribution < 1.29 is 14.2 Å². The fourth-order valence-electron chi connectivity index (χ4n) is 3.98. The maximum absolute atomic E-state index is 6.46. The molecule has 4 nitrogen and oxygen atoms in total.